The van der Waals surface area contributed by atoms with E-state index < -0.39 is 5.82 Å². The maximum Gasteiger partial charge on any atom is 0.146 e. The van der Waals surface area contributed by atoms with E-state index >= 15 is 0 Å². The molecule has 0 radical (unpaired) electrons. The second-order valence-electron chi connectivity index (χ2n) is 4.31. The molecule has 112 valence electrons. The Morgan fingerprint density at radius 2 is 2.00 bits per heavy atom. The van der Waals surface area contributed by atoms with E-state index in [1.165, 1.54) is 6.07 Å². The molecule has 1 saturated heterocycles. The van der Waals surface area contributed by atoms with Gasteiger partial charge in [-0.15, -0.1) is 24.8 Å². The van der Waals surface area contributed by atoms with E-state index in [4.69, 9.17) is 16.9 Å². The van der Waals surface area contributed by atoms with Crippen molar-refractivity contribution in [1.82, 2.24) is 10.2 Å². The molecule has 20 heavy (non-hydrogen) atoms. The summed E-state index contributed by atoms with van der Waals surface area (Å²) in [5, 5.41) is 12.3. The molecular weight excluding hydrogens is 324 g/mol. The van der Waals surface area contributed by atoms with Crippen molar-refractivity contribution in [3.05, 3.63) is 34.6 Å². The van der Waals surface area contributed by atoms with Crippen LogP contribution >= 0.6 is 36.4 Å². The molecule has 1 aromatic rings. The Balaban J connectivity index is 0.00000180. The Hall–Kier alpha value is -0.570. The lowest BCUT2D eigenvalue weighted by Crippen LogP contribution is -2.45. The van der Waals surface area contributed by atoms with E-state index in [-0.39, 0.29) is 42.3 Å². The number of benzene rings is 1. The number of halogens is 4. The zero-order valence-corrected chi connectivity index (χ0v) is 13.2. The third-order valence-corrected chi connectivity index (χ3v) is 3.51. The summed E-state index contributed by atoms with van der Waals surface area (Å²) >= 11 is 5.81. The van der Waals surface area contributed by atoms with Gasteiger partial charge in [-0.05, 0) is 6.07 Å². The number of nitriles is 1. The zero-order chi connectivity index (χ0) is 13.0. The highest BCUT2D eigenvalue weighted by atomic mass is 35.5. The van der Waals surface area contributed by atoms with Gasteiger partial charge in [0.05, 0.1) is 23.6 Å². The maximum absolute atomic E-state index is 14.0. The van der Waals surface area contributed by atoms with Gasteiger partial charge in [-0.25, -0.2) is 4.39 Å². The van der Waals surface area contributed by atoms with Crippen molar-refractivity contribution in [2.75, 3.05) is 26.2 Å². The summed E-state index contributed by atoms with van der Waals surface area (Å²) in [7, 11) is 0. The third kappa shape index (κ3) is 4.47. The first-order chi connectivity index (χ1) is 8.74. The van der Waals surface area contributed by atoms with E-state index in [1.54, 1.807) is 12.1 Å². The lowest BCUT2D eigenvalue weighted by atomic mass is 10.0. The van der Waals surface area contributed by atoms with Crippen LogP contribution in [0.1, 0.15) is 18.0 Å². The van der Waals surface area contributed by atoms with Crippen LogP contribution in [0.2, 0.25) is 5.02 Å². The molecule has 0 aromatic heterocycles. The fraction of sp³-hybridized carbons (Fsp3) is 0.462. The Labute approximate surface area is 135 Å². The van der Waals surface area contributed by atoms with Gasteiger partial charge in [0.15, 0.2) is 0 Å². The number of hydrogen-bond donors (Lipinski definition) is 1. The first-order valence-corrected chi connectivity index (χ1v) is 6.37. The summed E-state index contributed by atoms with van der Waals surface area (Å²) in [6, 6.07) is 6.90. The average Bonchev–Trinajstić information content (AvgIpc) is 2.41. The van der Waals surface area contributed by atoms with Crippen LogP contribution in [0, 0.1) is 17.1 Å². The number of piperazine rings is 1. The van der Waals surface area contributed by atoms with Crippen LogP contribution in [-0.2, 0) is 0 Å². The Bertz CT molecular complexity index is 459. The molecule has 3 nitrogen and oxygen atoms in total. The molecular formula is C13H17Cl3FN3. The van der Waals surface area contributed by atoms with Crippen molar-refractivity contribution < 1.29 is 4.39 Å². The molecule has 0 saturated carbocycles. The monoisotopic (exact) mass is 339 g/mol. The van der Waals surface area contributed by atoms with Crippen LogP contribution in [0.5, 0.6) is 0 Å². The second kappa shape index (κ2) is 9.38. The van der Waals surface area contributed by atoms with Crippen molar-refractivity contribution in [3.8, 4) is 6.07 Å². The molecule has 1 aromatic carbocycles. The molecule has 1 fully saturated rings. The average molecular weight is 341 g/mol. The first-order valence-electron chi connectivity index (χ1n) is 5.99. The molecule has 1 atom stereocenters. The third-order valence-electron chi connectivity index (χ3n) is 3.22. The van der Waals surface area contributed by atoms with E-state index in [0.29, 0.717) is 5.56 Å². The van der Waals surface area contributed by atoms with E-state index in [9.17, 15) is 4.39 Å². The summed E-state index contributed by atoms with van der Waals surface area (Å²) in [5.41, 5.74) is 0.519. The van der Waals surface area contributed by atoms with E-state index in [1.807, 2.05) is 0 Å². The predicted octanol–water partition coefficient (Wildman–Crippen LogP) is 3.18. The standard InChI is InChI=1S/C13H15ClFN3.2ClH/c14-11-3-1-2-10(13(11)15)12(4-5-16)18-8-6-17-7-9-18;;/h1-3,12,17H,4,6-9H2;2*1H/t12-;;/m0../s1. The summed E-state index contributed by atoms with van der Waals surface area (Å²) in [6.45, 7) is 3.37. The zero-order valence-electron chi connectivity index (χ0n) is 10.8. The fourth-order valence-corrected chi connectivity index (χ4v) is 2.48. The van der Waals surface area contributed by atoms with Crippen LogP contribution in [0.3, 0.4) is 0 Å². The lowest BCUT2D eigenvalue weighted by Gasteiger charge is -2.34. The molecule has 2 rings (SSSR count). The van der Waals surface area contributed by atoms with Gasteiger partial charge in [0.1, 0.15) is 5.82 Å². The molecule has 0 unspecified atom stereocenters. The molecule has 1 N–H and O–H groups in total. The molecule has 0 aliphatic carbocycles. The van der Waals surface area contributed by atoms with Gasteiger partial charge in [-0.2, -0.15) is 5.26 Å². The molecule has 1 heterocycles. The highest BCUT2D eigenvalue weighted by Gasteiger charge is 2.25. The van der Waals surface area contributed by atoms with Gasteiger partial charge in [0.25, 0.3) is 0 Å². The normalized spacial score (nSPS) is 16.4. The van der Waals surface area contributed by atoms with Crippen molar-refractivity contribution in [2.24, 2.45) is 0 Å². The summed E-state index contributed by atoms with van der Waals surface area (Å²) in [6.07, 6.45) is 0.275. The molecule has 0 bridgehead atoms. The molecule has 1 aliphatic rings. The van der Waals surface area contributed by atoms with Crippen molar-refractivity contribution in [2.45, 2.75) is 12.5 Å². The number of nitrogens with zero attached hydrogens (tertiary/aromatic N) is 2. The van der Waals surface area contributed by atoms with Crippen molar-refractivity contribution >= 4 is 36.4 Å². The Morgan fingerprint density at radius 1 is 1.35 bits per heavy atom. The van der Waals surface area contributed by atoms with Crippen LogP contribution < -0.4 is 5.32 Å². The second-order valence-corrected chi connectivity index (χ2v) is 4.71. The number of hydrogen-bond acceptors (Lipinski definition) is 3. The predicted molar refractivity (Wildman–Crippen MR) is 83.3 cm³/mol. The first kappa shape index (κ1) is 19.4. The van der Waals surface area contributed by atoms with Gasteiger partial charge < -0.3 is 5.32 Å². The SMILES string of the molecule is Cl.Cl.N#CC[C@@H](c1cccc(Cl)c1F)N1CCNCC1. The van der Waals surface area contributed by atoms with Gasteiger partial charge >= 0.3 is 0 Å². The molecule has 1 aliphatic heterocycles. The summed E-state index contributed by atoms with van der Waals surface area (Å²) in [5.74, 6) is -0.405. The highest BCUT2D eigenvalue weighted by Crippen LogP contribution is 2.29. The minimum Gasteiger partial charge on any atom is -0.314 e. The molecule has 0 amide bonds. The minimum atomic E-state index is -0.405. The highest BCUT2D eigenvalue weighted by molar-refractivity contribution is 6.30. The smallest absolute Gasteiger partial charge is 0.146 e. The largest absolute Gasteiger partial charge is 0.314 e. The topological polar surface area (TPSA) is 39.1 Å². The fourth-order valence-electron chi connectivity index (χ4n) is 2.29. The van der Waals surface area contributed by atoms with Crippen LogP contribution in [0.4, 0.5) is 4.39 Å². The van der Waals surface area contributed by atoms with Crippen LogP contribution in [-0.4, -0.2) is 31.1 Å². The van der Waals surface area contributed by atoms with Gasteiger partial charge in [0, 0.05) is 31.7 Å². The quantitative estimate of drug-likeness (QED) is 0.918. The number of nitrogens with one attached hydrogen (secondary N) is 1. The van der Waals surface area contributed by atoms with Crippen LogP contribution in [0.15, 0.2) is 18.2 Å². The van der Waals surface area contributed by atoms with Gasteiger partial charge in [0.2, 0.25) is 0 Å². The van der Waals surface area contributed by atoms with E-state index in [0.717, 1.165) is 26.2 Å². The van der Waals surface area contributed by atoms with E-state index in [2.05, 4.69) is 16.3 Å². The molecule has 7 heteroatoms. The maximum atomic E-state index is 14.0. The summed E-state index contributed by atoms with van der Waals surface area (Å²) in [4.78, 5) is 2.13. The minimum absolute atomic E-state index is 0. The number of rotatable bonds is 3. The Kier molecular flexibility index (Phi) is 9.11. The molecule has 0 spiro atoms. The van der Waals surface area contributed by atoms with Gasteiger partial charge in [-0.1, -0.05) is 23.7 Å². The lowest BCUT2D eigenvalue weighted by molar-refractivity contribution is 0.172. The van der Waals surface area contributed by atoms with Gasteiger partial charge in [-0.3, -0.25) is 4.90 Å². The Morgan fingerprint density at radius 3 is 2.60 bits per heavy atom. The van der Waals surface area contributed by atoms with Crippen LogP contribution in [0.25, 0.3) is 0 Å². The summed E-state index contributed by atoms with van der Waals surface area (Å²) < 4.78 is 14.0. The van der Waals surface area contributed by atoms with Crippen molar-refractivity contribution in [3.63, 3.8) is 0 Å². The van der Waals surface area contributed by atoms with Crippen molar-refractivity contribution in [1.29, 1.82) is 5.26 Å².